The summed E-state index contributed by atoms with van der Waals surface area (Å²) in [5.41, 5.74) is 4.65. The van der Waals surface area contributed by atoms with Crippen LogP contribution in [0.2, 0.25) is 0 Å². The van der Waals surface area contributed by atoms with Crippen molar-refractivity contribution < 1.29 is 14.3 Å². The van der Waals surface area contributed by atoms with E-state index in [1.807, 2.05) is 30.5 Å². The molecule has 2 amide bonds. The van der Waals surface area contributed by atoms with Crippen LogP contribution in [-0.2, 0) is 22.6 Å². The van der Waals surface area contributed by atoms with Gasteiger partial charge in [-0.2, -0.15) is 0 Å². The van der Waals surface area contributed by atoms with Gasteiger partial charge < -0.3 is 20.7 Å². The highest BCUT2D eigenvalue weighted by molar-refractivity contribution is 14.2. The zero-order valence-corrected chi connectivity index (χ0v) is 22.4. The summed E-state index contributed by atoms with van der Waals surface area (Å²) in [6.45, 7) is 2.73. The third-order valence-electron chi connectivity index (χ3n) is 6.50. The molecule has 5 rings (SSSR count). The van der Waals surface area contributed by atoms with E-state index >= 15 is 0 Å². The summed E-state index contributed by atoms with van der Waals surface area (Å²) in [5.74, 6) is -0.0971. The number of carbonyl (C=O) groups excluding carboxylic acids is 2. The summed E-state index contributed by atoms with van der Waals surface area (Å²) in [7, 11) is 1.61. The second kappa shape index (κ2) is 11.4. The molecule has 0 aliphatic carbocycles. The number of hydrogen-bond donors (Lipinski definition) is 3. The molecule has 188 valence electrons. The Morgan fingerprint density at radius 1 is 1.28 bits per heavy atom. The molecule has 9 heteroatoms. The molecule has 2 aromatic rings. The van der Waals surface area contributed by atoms with Crippen LogP contribution < -0.4 is 16.0 Å². The zero-order chi connectivity index (χ0) is 24.9. The van der Waals surface area contributed by atoms with Gasteiger partial charge >= 0.3 is 0 Å². The Morgan fingerprint density at radius 3 is 3.08 bits per heavy atom. The lowest BCUT2D eigenvalue weighted by molar-refractivity contribution is -0.125. The van der Waals surface area contributed by atoms with E-state index in [4.69, 9.17) is 4.74 Å². The Hall–Kier alpha value is -2.89. The lowest BCUT2D eigenvalue weighted by Gasteiger charge is -2.25. The molecule has 8 nitrogen and oxygen atoms in total. The molecule has 0 radical (unpaired) electrons. The van der Waals surface area contributed by atoms with E-state index < -0.39 is 20.7 Å². The average Bonchev–Trinajstić information content (AvgIpc) is 3.35. The number of hydrogen-bond acceptors (Lipinski definition) is 6. The number of aliphatic imine (C=N–C) groups is 1. The molecule has 36 heavy (non-hydrogen) atoms. The number of amides is 2. The minimum atomic E-state index is -0.520. The van der Waals surface area contributed by atoms with Crippen LogP contribution in [0, 0.1) is 0 Å². The molecule has 0 saturated carbocycles. The monoisotopic (exact) mass is 599 g/mol. The molecule has 0 unspecified atom stereocenters. The largest absolute Gasteiger partial charge is 0.383 e. The number of amidine groups is 1. The molecule has 3 aliphatic rings. The fourth-order valence-electron chi connectivity index (χ4n) is 4.70. The molecule has 0 spiro atoms. The number of fused-ring (bicyclic) bond motifs is 7. The van der Waals surface area contributed by atoms with Crippen molar-refractivity contribution in [2.24, 2.45) is 4.99 Å². The summed E-state index contributed by atoms with van der Waals surface area (Å²) in [5, 5.41) is 9.59. The predicted molar refractivity (Wildman–Crippen MR) is 151 cm³/mol. The third kappa shape index (κ3) is 5.74. The van der Waals surface area contributed by atoms with E-state index in [2.05, 4.69) is 50.1 Å². The van der Waals surface area contributed by atoms with Gasteiger partial charge in [-0.1, -0.05) is 18.2 Å². The second-order valence-electron chi connectivity index (χ2n) is 8.97. The highest BCUT2D eigenvalue weighted by Crippen LogP contribution is 2.26. The number of benzene rings is 2. The van der Waals surface area contributed by atoms with Gasteiger partial charge in [-0.3, -0.25) is 14.5 Å². The van der Waals surface area contributed by atoms with Crippen LogP contribution in [0.15, 0.2) is 59.7 Å². The summed E-state index contributed by atoms with van der Waals surface area (Å²) < 4.78 is 7.30. The van der Waals surface area contributed by atoms with E-state index in [-0.39, 0.29) is 17.9 Å². The minimum Gasteiger partial charge on any atom is -0.383 e. The molecule has 6 bridgehead atoms. The van der Waals surface area contributed by atoms with Gasteiger partial charge in [0.2, 0.25) is 5.91 Å². The Bertz CT molecular complexity index is 1260. The lowest BCUT2D eigenvalue weighted by Crippen LogP contribution is -2.43. The quantitative estimate of drug-likeness (QED) is 0.285. The lowest BCUT2D eigenvalue weighted by atomic mass is 10.0. The highest BCUT2D eigenvalue weighted by Gasteiger charge is 2.31. The zero-order valence-electron chi connectivity index (χ0n) is 20.2. The van der Waals surface area contributed by atoms with E-state index in [0.29, 0.717) is 31.8 Å². The normalized spacial score (nSPS) is 19.7. The summed E-state index contributed by atoms with van der Waals surface area (Å²) >= 11 is -0.520. The van der Waals surface area contributed by atoms with Crippen LogP contribution in [0.5, 0.6) is 0 Å². The number of carbonyl (C=O) groups is 2. The smallest absolute Gasteiger partial charge is 0.251 e. The number of allylic oxidation sites excluding steroid dienone is 1. The molecule has 3 N–H and O–H groups in total. The van der Waals surface area contributed by atoms with Gasteiger partial charge in [-0.25, -0.2) is 4.99 Å². The SMILES string of the molecule is COCCNC(=O)c1ccc2cc1CN1CCC[C@H]1C(=O)NCc1cccc(c1)C1=IC(=NC=C1)N2. The standard InChI is InChI=1S/C27H30IN5O3/c1-36-13-11-29-25(34)22-8-7-21-15-20(22)17-33-12-3-6-24(33)26(35)31-16-18-4-2-5-19(14-18)23-9-10-30-27(28-23)32-21/h2,4-5,7-10,14-15,24H,3,6,11-13,16-17H2,1H3,(H,29,34)(H,30,32)(H,31,35)/t24-/m0/s1. The van der Waals surface area contributed by atoms with Crippen LogP contribution in [0.1, 0.15) is 39.9 Å². The number of rotatable bonds is 4. The Labute approximate surface area is 220 Å². The first-order valence-corrected chi connectivity index (χ1v) is 14.3. The van der Waals surface area contributed by atoms with Crippen LogP contribution in [-0.4, -0.2) is 56.9 Å². The molecule has 0 aromatic heterocycles. The predicted octanol–water partition coefficient (Wildman–Crippen LogP) is 3.14. The van der Waals surface area contributed by atoms with E-state index in [1.165, 1.54) is 9.07 Å². The summed E-state index contributed by atoms with van der Waals surface area (Å²) in [6.07, 6.45) is 5.68. The molecular weight excluding hydrogens is 569 g/mol. The minimum absolute atomic E-state index is 0.0393. The van der Waals surface area contributed by atoms with Gasteiger partial charge in [-0.15, -0.1) is 0 Å². The maximum atomic E-state index is 13.2. The van der Waals surface area contributed by atoms with Crippen molar-refractivity contribution in [3.05, 3.63) is 77.0 Å². The number of methoxy groups -OCH3 is 1. The number of nitrogens with zero attached hydrogens (tertiary/aromatic N) is 2. The topological polar surface area (TPSA) is 95.1 Å². The van der Waals surface area contributed by atoms with Gasteiger partial charge in [0.15, 0.2) is 3.84 Å². The number of halogens is 1. The van der Waals surface area contributed by atoms with Crippen molar-refractivity contribution in [1.82, 2.24) is 15.5 Å². The Morgan fingerprint density at radius 2 is 2.19 bits per heavy atom. The van der Waals surface area contributed by atoms with Crippen molar-refractivity contribution in [2.75, 3.05) is 32.1 Å². The van der Waals surface area contributed by atoms with Crippen molar-refractivity contribution in [3.8, 4) is 0 Å². The first-order chi connectivity index (χ1) is 17.6. The molecule has 3 heterocycles. The third-order valence-corrected chi connectivity index (χ3v) is 9.12. The molecule has 1 fully saturated rings. The molecule has 1 atom stereocenters. The maximum absolute atomic E-state index is 13.2. The highest BCUT2D eigenvalue weighted by atomic mass is 127. The average molecular weight is 599 g/mol. The van der Waals surface area contributed by atoms with E-state index in [9.17, 15) is 9.59 Å². The Balaban J connectivity index is 1.52. The van der Waals surface area contributed by atoms with Gasteiger partial charge in [-0.05, 0) is 87.1 Å². The van der Waals surface area contributed by atoms with Crippen LogP contribution in [0.4, 0.5) is 5.69 Å². The van der Waals surface area contributed by atoms with Gasteiger partial charge in [0.25, 0.3) is 5.91 Å². The fourth-order valence-corrected chi connectivity index (χ4v) is 6.98. The first-order valence-electron chi connectivity index (χ1n) is 12.1. The van der Waals surface area contributed by atoms with Crippen molar-refractivity contribution in [3.63, 3.8) is 0 Å². The van der Waals surface area contributed by atoms with Crippen molar-refractivity contribution >= 4 is 45.6 Å². The Kier molecular flexibility index (Phi) is 7.88. The van der Waals surface area contributed by atoms with Crippen molar-refractivity contribution in [2.45, 2.75) is 32.0 Å². The fraction of sp³-hybridized carbons (Fsp3) is 0.333. The van der Waals surface area contributed by atoms with Crippen LogP contribution in [0.3, 0.4) is 0 Å². The number of nitrogens with one attached hydrogen (secondary N) is 3. The molecule has 2 aromatic carbocycles. The molecular formula is C27H30IN5O3. The van der Waals surface area contributed by atoms with Crippen LogP contribution in [0.25, 0.3) is 0 Å². The second-order valence-corrected chi connectivity index (χ2v) is 11.7. The maximum Gasteiger partial charge on any atom is 0.251 e. The molecule has 1 saturated heterocycles. The number of anilines is 1. The van der Waals surface area contributed by atoms with Crippen molar-refractivity contribution in [1.29, 1.82) is 0 Å². The van der Waals surface area contributed by atoms with Gasteiger partial charge in [0.05, 0.1) is 12.6 Å². The summed E-state index contributed by atoms with van der Waals surface area (Å²) in [6, 6.07) is 14.0. The van der Waals surface area contributed by atoms with E-state index in [0.717, 1.165) is 40.0 Å². The van der Waals surface area contributed by atoms with Gasteiger partial charge in [0.1, 0.15) is 0 Å². The van der Waals surface area contributed by atoms with E-state index in [1.54, 1.807) is 7.11 Å². The number of ether oxygens (including phenoxy) is 1. The van der Waals surface area contributed by atoms with Crippen LogP contribution >= 0.6 is 20.7 Å². The summed E-state index contributed by atoms with van der Waals surface area (Å²) in [4.78, 5) is 33.0. The molecule has 3 aliphatic heterocycles. The first kappa shape index (κ1) is 24.8. The van der Waals surface area contributed by atoms with Gasteiger partial charge in [0, 0.05) is 47.7 Å².